The first-order valence-electron chi connectivity index (χ1n) is 6.05. The van der Waals surface area contributed by atoms with Crippen LogP contribution in [0.2, 0.25) is 11.6 Å². The normalized spacial score (nSPS) is 13.3. The van der Waals surface area contributed by atoms with Crippen LogP contribution in [0, 0.1) is 0 Å². The Kier molecular flexibility index (Phi) is 9.02. The predicted molar refractivity (Wildman–Crippen MR) is 64.8 cm³/mol. The fraction of sp³-hybridized carbons (Fsp3) is 1.00. The van der Waals surface area contributed by atoms with Crippen molar-refractivity contribution < 1.29 is 3.79 Å². The molecule has 0 heterocycles. The number of hydrogen-bond acceptors (Lipinski definition) is 2. The van der Waals surface area contributed by atoms with E-state index in [-0.39, 0.29) is 0 Å². The summed E-state index contributed by atoms with van der Waals surface area (Å²) in [6, 6.07) is 0. The molecule has 3 heteroatoms. The van der Waals surface area contributed by atoms with E-state index in [0.717, 1.165) is 6.42 Å². The molecule has 2 nitrogen and oxygen atoms in total. The molecular formula is C11H26AlNO. The Balaban J connectivity index is 4.10. The highest BCUT2D eigenvalue weighted by molar-refractivity contribution is 6.48. The maximum Gasteiger partial charge on any atom is 0.455 e. The molecule has 0 aromatic rings. The van der Waals surface area contributed by atoms with Gasteiger partial charge in [0.2, 0.25) is 0 Å². The van der Waals surface area contributed by atoms with Crippen molar-refractivity contribution in [3.05, 3.63) is 0 Å². The van der Waals surface area contributed by atoms with Crippen LogP contribution in [-0.2, 0) is 3.79 Å². The molecule has 0 N–H and O–H groups in total. The summed E-state index contributed by atoms with van der Waals surface area (Å²) in [5.41, 5.74) is 0. The first-order chi connectivity index (χ1) is 6.65. The second kappa shape index (κ2) is 8.74. The Morgan fingerprint density at radius 3 is 1.86 bits per heavy atom. The zero-order chi connectivity index (χ0) is 11.0. The molecule has 0 saturated carbocycles. The molecule has 0 aliphatic carbocycles. The van der Waals surface area contributed by atoms with Crippen LogP contribution in [0.1, 0.15) is 40.0 Å². The van der Waals surface area contributed by atoms with Gasteiger partial charge in [-0.3, -0.25) is 4.90 Å². The molecule has 0 rings (SSSR count). The second-order valence-corrected chi connectivity index (χ2v) is 6.45. The molecule has 0 aromatic carbocycles. The average Bonchev–Trinajstić information content (AvgIpc) is 2.13. The lowest BCUT2D eigenvalue weighted by molar-refractivity contribution is 0.0210. The largest absolute Gasteiger partial charge is 0.487 e. The van der Waals surface area contributed by atoms with Crippen molar-refractivity contribution in [1.82, 2.24) is 4.90 Å². The van der Waals surface area contributed by atoms with Crippen molar-refractivity contribution in [2.75, 3.05) is 13.1 Å². The van der Waals surface area contributed by atoms with Crippen molar-refractivity contribution in [3.8, 4) is 0 Å². The molecule has 0 amide bonds. The van der Waals surface area contributed by atoms with Crippen LogP contribution in [0.4, 0.5) is 0 Å². The fourth-order valence-electron chi connectivity index (χ4n) is 1.73. The van der Waals surface area contributed by atoms with Crippen molar-refractivity contribution in [2.24, 2.45) is 0 Å². The summed E-state index contributed by atoms with van der Waals surface area (Å²) < 4.78 is 6.03. The Labute approximate surface area is 94.3 Å². The van der Waals surface area contributed by atoms with Gasteiger partial charge in [-0.25, -0.2) is 0 Å². The maximum absolute atomic E-state index is 6.03. The highest BCUT2D eigenvalue weighted by Gasteiger charge is 2.18. The van der Waals surface area contributed by atoms with E-state index in [4.69, 9.17) is 3.79 Å². The van der Waals surface area contributed by atoms with E-state index in [0.29, 0.717) is 6.23 Å². The topological polar surface area (TPSA) is 12.5 Å². The van der Waals surface area contributed by atoms with Crippen LogP contribution in [0.5, 0.6) is 0 Å². The molecule has 0 aliphatic rings. The summed E-state index contributed by atoms with van der Waals surface area (Å²) in [5, 5.41) is 0. The molecule has 84 valence electrons. The fourth-order valence-corrected chi connectivity index (χ4v) is 2.72. The monoisotopic (exact) mass is 215 g/mol. The Morgan fingerprint density at radius 1 is 1.07 bits per heavy atom. The third-order valence-electron chi connectivity index (χ3n) is 2.21. The van der Waals surface area contributed by atoms with Gasteiger partial charge in [0.15, 0.2) is 0 Å². The summed E-state index contributed by atoms with van der Waals surface area (Å²) in [5.74, 6) is 4.50. The van der Waals surface area contributed by atoms with Gasteiger partial charge in [-0.05, 0) is 19.3 Å². The van der Waals surface area contributed by atoms with Gasteiger partial charge in [0.05, 0.1) is 6.23 Å². The summed E-state index contributed by atoms with van der Waals surface area (Å²) in [4.78, 5) is 2.49. The van der Waals surface area contributed by atoms with Crippen molar-refractivity contribution in [3.63, 3.8) is 0 Å². The zero-order valence-electron chi connectivity index (χ0n) is 10.5. The highest BCUT2D eigenvalue weighted by atomic mass is 27.2. The van der Waals surface area contributed by atoms with Gasteiger partial charge in [-0.15, -0.1) is 0 Å². The standard InChI is InChI=1S/C9H20NO.2CH3.Al/c1-4-7-10(8-5-2)9(11)6-3;;;/h9H,4-8H2,1-3H3;2*1H3;/q-1;;;+1. The second-order valence-electron chi connectivity index (χ2n) is 4.08. The lowest BCUT2D eigenvalue weighted by Crippen LogP contribution is -2.40. The summed E-state index contributed by atoms with van der Waals surface area (Å²) in [7, 11) is 0. The molecule has 14 heavy (non-hydrogen) atoms. The summed E-state index contributed by atoms with van der Waals surface area (Å²) in [6.07, 6.45) is 3.94. The van der Waals surface area contributed by atoms with Crippen molar-refractivity contribution in [1.29, 1.82) is 0 Å². The molecule has 0 fully saturated rings. The Bertz CT molecular complexity index is 124. The number of rotatable bonds is 8. The van der Waals surface area contributed by atoms with Gasteiger partial charge in [-0.1, -0.05) is 32.3 Å². The lowest BCUT2D eigenvalue weighted by atomic mass is 10.3. The van der Waals surface area contributed by atoms with Crippen LogP contribution >= 0.6 is 0 Å². The van der Waals surface area contributed by atoms with E-state index >= 15 is 0 Å². The first kappa shape index (κ1) is 14.5. The van der Waals surface area contributed by atoms with E-state index < -0.39 is 14.5 Å². The van der Waals surface area contributed by atoms with Gasteiger partial charge >= 0.3 is 14.5 Å². The molecular weight excluding hydrogens is 189 g/mol. The summed E-state index contributed by atoms with van der Waals surface area (Å²) >= 11 is -0.894. The molecule has 0 spiro atoms. The quantitative estimate of drug-likeness (QED) is 0.455. The maximum atomic E-state index is 6.03. The Hall–Kier alpha value is 0.452. The highest BCUT2D eigenvalue weighted by Crippen LogP contribution is 2.09. The van der Waals surface area contributed by atoms with Gasteiger partial charge in [-0.2, -0.15) is 0 Å². The van der Waals surface area contributed by atoms with Crippen LogP contribution < -0.4 is 0 Å². The van der Waals surface area contributed by atoms with Crippen LogP contribution in [0.3, 0.4) is 0 Å². The minimum Gasteiger partial charge on any atom is -0.487 e. The van der Waals surface area contributed by atoms with E-state index in [1.165, 1.54) is 25.9 Å². The van der Waals surface area contributed by atoms with E-state index in [2.05, 4.69) is 37.2 Å². The third-order valence-corrected chi connectivity index (χ3v) is 3.07. The van der Waals surface area contributed by atoms with Gasteiger partial charge < -0.3 is 3.79 Å². The Morgan fingerprint density at radius 2 is 1.57 bits per heavy atom. The number of nitrogens with zero attached hydrogens (tertiary/aromatic N) is 1. The third kappa shape index (κ3) is 6.03. The predicted octanol–water partition coefficient (Wildman–Crippen LogP) is 3.11. The number of hydrogen-bond donors (Lipinski definition) is 0. The molecule has 0 saturated heterocycles. The summed E-state index contributed by atoms with van der Waals surface area (Å²) in [6.45, 7) is 9.05. The molecule has 0 bridgehead atoms. The van der Waals surface area contributed by atoms with Crippen LogP contribution in [0.15, 0.2) is 0 Å². The van der Waals surface area contributed by atoms with Crippen LogP contribution in [0.25, 0.3) is 0 Å². The van der Waals surface area contributed by atoms with Gasteiger partial charge in [0.1, 0.15) is 0 Å². The SMILES string of the molecule is CCCN(CCC)C(CC)[O][Al]([CH3])[CH3]. The zero-order valence-corrected chi connectivity index (χ0v) is 11.7. The van der Waals surface area contributed by atoms with Gasteiger partial charge in [0, 0.05) is 13.1 Å². The van der Waals surface area contributed by atoms with E-state index in [9.17, 15) is 0 Å². The van der Waals surface area contributed by atoms with Crippen molar-refractivity contribution in [2.45, 2.75) is 57.8 Å². The van der Waals surface area contributed by atoms with E-state index in [1.54, 1.807) is 0 Å². The van der Waals surface area contributed by atoms with Crippen LogP contribution in [-0.4, -0.2) is 38.7 Å². The minimum atomic E-state index is -0.894. The molecule has 1 atom stereocenters. The molecule has 1 unspecified atom stereocenters. The minimum absolute atomic E-state index is 0.376. The van der Waals surface area contributed by atoms with Gasteiger partial charge in [0.25, 0.3) is 0 Å². The molecule has 0 radical (unpaired) electrons. The first-order valence-corrected chi connectivity index (χ1v) is 8.83. The van der Waals surface area contributed by atoms with E-state index in [1.807, 2.05) is 0 Å². The van der Waals surface area contributed by atoms with Crippen molar-refractivity contribution >= 4 is 14.5 Å². The molecule has 0 aromatic heterocycles. The lowest BCUT2D eigenvalue weighted by Gasteiger charge is -2.32. The smallest absolute Gasteiger partial charge is 0.455 e. The molecule has 0 aliphatic heterocycles. The average molecular weight is 215 g/mol.